The van der Waals surface area contributed by atoms with Crippen molar-refractivity contribution in [3.05, 3.63) is 42.2 Å². The molecule has 0 aliphatic heterocycles. The largest absolute Gasteiger partial charge is 0.468 e. The quantitative estimate of drug-likeness (QED) is 0.700. The van der Waals surface area contributed by atoms with E-state index in [1.165, 1.54) is 4.90 Å². The second-order valence-electron chi connectivity index (χ2n) is 2.71. The van der Waals surface area contributed by atoms with Crippen molar-refractivity contribution in [3.8, 4) is 0 Å². The van der Waals surface area contributed by atoms with Crippen LogP contribution in [0.3, 0.4) is 0 Å². The van der Waals surface area contributed by atoms with E-state index >= 15 is 0 Å². The average Bonchev–Trinajstić information content (AvgIpc) is 2.72. The predicted molar refractivity (Wildman–Crippen MR) is 51.7 cm³/mol. The molecule has 0 bridgehead atoms. The van der Waals surface area contributed by atoms with E-state index in [1.54, 1.807) is 24.3 Å². The third-order valence-corrected chi connectivity index (χ3v) is 2.92. The number of rotatable bonds is 3. The zero-order chi connectivity index (χ0) is 9.10. The van der Waals surface area contributed by atoms with Crippen LogP contribution in [0.15, 0.2) is 44.5 Å². The summed E-state index contributed by atoms with van der Waals surface area (Å²) in [7, 11) is 0. The van der Waals surface area contributed by atoms with Gasteiger partial charge in [0.05, 0.1) is 18.3 Å². The summed E-state index contributed by atoms with van der Waals surface area (Å²) in [5.41, 5.74) is 0. The average molecular weight is 194 g/mol. The minimum absolute atomic E-state index is 0.855. The number of hydrogen-bond acceptors (Lipinski definition) is 3. The SMILES string of the molecule is Cc1occc1SCc1ccco1. The van der Waals surface area contributed by atoms with Gasteiger partial charge in [0.15, 0.2) is 0 Å². The van der Waals surface area contributed by atoms with Crippen LogP contribution in [0.4, 0.5) is 0 Å². The Morgan fingerprint density at radius 2 is 2.15 bits per heavy atom. The van der Waals surface area contributed by atoms with Crippen LogP contribution >= 0.6 is 11.8 Å². The number of furan rings is 2. The molecule has 13 heavy (non-hydrogen) atoms. The molecule has 0 spiro atoms. The van der Waals surface area contributed by atoms with E-state index in [0.717, 1.165) is 17.3 Å². The maximum absolute atomic E-state index is 5.22. The molecule has 2 heterocycles. The Bertz CT molecular complexity index is 362. The van der Waals surface area contributed by atoms with Gasteiger partial charge in [-0.2, -0.15) is 0 Å². The second kappa shape index (κ2) is 3.75. The van der Waals surface area contributed by atoms with Gasteiger partial charge in [0.1, 0.15) is 11.5 Å². The summed E-state index contributed by atoms with van der Waals surface area (Å²) in [6, 6.07) is 5.85. The first kappa shape index (κ1) is 8.51. The van der Waals surface area contributed by atoms with Crippen molar-refractivity contribution >= 4 is 11.8 Å². The first-order valence-corrected chi connectivity index (χ1v) is 5.04. The summed E-state index contributed by atoms with van der Waals surface area (Å²) in [6.45, 7) is 1.96. The van der Waals surface area contributed by atoms with Gasteiger partial charge in [-0.15, -0.1) is 11.8 Å². The molecular formula is C10H10O2S. The molecule has 3 heteroatoms. The molecule has 0 fully saturated rings. The van der Waals surface area contributed by atoms with Crippen molar-refractivity contribution in [2.24, 2.45) is 0 Å². The highest BCUT2D eigenvalue weighted by atomic mass is 32.2. The van der Waals surface area contributed by atoms with Crippen molar-refractivity contribution in [1.82, 2.24) is 0 Å². The van der Waals surface area contributed by atoms with Gasteiger partial charge in [0.2, 0.25) is 0 Å². The minimum Gasteiger partial charge on any atom is -0.468 e. The molecule has 0 amide bonds. The van der Waals surface area contributed by atoms with Gasteiger partial charge < -0.3 is 8.83 Å². The molecule has 0 aliphatic carbocycles. The van der Waals surface area contributed by atoms with E-state index in [2.05, 4.69) is 0 Å². The molecule has 2 aromatic heterocycles. The molecule has 0 aliphatic rings. The minimum atomic E-state index is 0.855. The summed E-state index contributed by atoms with van der Waals surface area (Å²) in [4.78, 5) is 1.18. The zero-order valence-electron chi connectivity index (χ0n) is 7.32. The normalized spacial score (nSPS) is 10.5. The van der Waals surface area contributed by atoms with E-state index in [4.69, 9.17) is 8.83 Å². The van der Waals surface area contributed by atoms with Crippen LogP contribution in [-0.2, 0) is 5.75 Å². The Kier molecular flexibility index (Phi) is 2.45. The summed E-state index contributed by atoms with van der Waals surface area (Å²) in [5.74, 6) is 2.81. The summed E-state index contributed by atoms with van der Waals surface area (Å²) in [6.07, 6.45) is 3.40. The maximum Gasteiger partial charge on any atom is 0.114 e. The molecule has 0 aromatic carbocycles. The van der Waals surface area contributed by atoms with Crippen molar-refractivity contribution < 1.29 is 8.83 Å². The smallest absolute Gasteiger partial charge is 0.114 e. The molecule has 2 aromatic rings. The van der Waals surface area contributed by atoms with Crippen LogP contribution in [0.25, 0.3) is 0 Å². The Labute approximate surface area is 80.9 Å². The van der Waals surface area contributed by atoms with E-state index in [1.807, 2.05) is 25.1 Å². The number of thioether (sulfide) groups is 1. The fourth-order valence-corrected chi connectivity index (χ4v) is 1.93. The Hall–Kier alpha value is -1.09. The lowest BCUT2D eigenvalue weighted by molar-refractivity contribution is 0.525. The number of aryl methyl sites for hydroxylation is 1. The Morgan fingerprint density at radius 1 is 1.23 bits per heavy atom. The van der Waals surface area contributed by atoms with Crippen LogP contribution in [0, 0.1) is 6.92 Å². The molecule has 2 nitrogen and oxygen atoms in total. The van der Waals surface area contributed by atoms with Gasteiger partial charge in [-0.1, -0.05) is 0 Å². The Morgan fingerprint density at radius 3 is 2.77 bits per heavy atom. The van der Waals surface area contributed by atoms with Gasteiger partial charge in [-0.05, 0) is 25.1 Å². The molecule has 0 N–H and O–H groups in total. The van der Waals surface area contributed by atoms with Crippen LogP contribution < -0.4 is 0 Å². The molecule has 0 atom stereocenters. The van der Waals surface area contributed by atoms with Gasteiger partial charge in [0, 0.05) is 4.90 Å². The fraction of sp³-hybridized carbons (Fsp3) is 0.200. The van der Waals surface area contributed by atoms with Crippen molar-refractivity contribution in [2.75, 3.05) is 0 Å². The van der Waals surface area contributed by atoms with E-state index in [9.17, 15) is 0 Å². The van der Waals surface area contributed by atoms with Gasteiger partial charge >= 0.3 is 0 Å². The van der Waals surface area contributed by atoms with Crippen LogP contribution in [0.2, 0.25) is 0 Å². The molecule has 2 rings (SSSR count). The highest BCUT2D eigenvalue weighted by molar-refractivity contribution is 7.98. The van der Waals surface area contributed by atoms with Crippen molar-refractivity contribution in [1.29, 1.82) is 0 Å². The van der Waals surface area contributed by atoms with Gasteiger partial charge in [-0.25, -0.2) is 0 Å². The first-order chi connectivity index (χ1) is 6.36. The molecule has 0 saturated heterocycles. The summed E-state index contributed by atoms with van der Waals surface area (Å²) < 4.78 is 10.4. The van der Waals surface area contributed by atoms with E-state index < -0.39 is 0 Å². The van der Waals surface area contributed by atoms with Crippen LogP contribution in [-0.4, -0.2) is 0 Å². The summed E-state index contributed by atoms with van der Waals surface area (Å²) in [5, 5.41) is 0. The Balaban J connectivity index is 1.97. The standard InChI is InChI=1S/C10H10O2S/c1-8-10(4-6-11-8)13-7-9-3-2-5-12-9/h2-6H,7H2,1H3. The number of hydrogen-bond donors (Lipinski definition) is 0. The van der Waals surface area contributed by atoms with E-state index in [-0.39, 0.29) is 0 Å². The molecule has 68 valence electrons. The monoisotopic (exact) mass is 194 g/mol. The third-order valence-electron chi connectivity index (χ3n) is 1.76. The van der Waals surface area contributed by atoms with E-state index in [0.29, 0.717) is 0 Å². The van der Waals surface area contributed by atoms with Gasteiger partial charge in [0.25, 0.3) is 0 Å². The topological polar surface area (TPSA) is 26.3 Å². The lowest BCUT2D eigenvalue weighted by Gasteiger charge is -1.95. The molecular weight excluding hydrogens is 184 g/mol. The summed E-state index contributed by atoms with van der Waals surface area (Å²) >= 11 is 1.72. The van der Waals surface area contributed by atoms with Crippen LogP contribution in [0.5, 0.6) is 0 Å². The third kappa shape index (κ3) is 1.98. The highest BCUT2D eigenvalue weighted by Gasteiger charge is 2.03. The lowest BCUT2D eigenvalue weighted by Crippen LogP contribution is -1.75. The molecule has 0 unspecified atom stereocenters. The molecule has 0 saturated carbocycles. The van der Waals surface area contributed by atoms with Gasteiger partial charge in [-0.3, -0.25) is 0 Å². The maximum atomic E-state index is 5.22. The lowest BCUT2D eigenvalue weighted by atomic mass is 10.5. The predicted octanol–water partition coefficient (Wildman–Crippen LogP) is 3.47. The van der Waals surface area contributed by atoms with Crippen molar-refractivity contribution in [2.45, 2.75) is 17.6 Å². The zero-order valence-corrected chi connectivity index (χ0v) is 8.14. The van der Waals surface area contributed by atoms with Crippen LogP contribution in [0.1, 0.15) is 11.5 Å². The fourth-order valence-electron chi connectivity index (χ4n) is 1.07. The molecule has 0 radical (unpaired) electrons. The highest BCUT2D eigenvalue weighted by Crippen LogP contribution is 2.26. The first-order valence-electron chi connectivity index (χ1n) is 4.05. The second-order valence-corrected chi connectivity index (χ2v) is 3.73. The van der Waals surface area contributed by atoms with Crippen molar-refractivity contribution in [3.63, 3.8) is 0 Å².